The Morgan fingerprint density at radius 1 is 0.955 bits per heavy atom. The van der Waals surface area contributed by atoms with Crippen LogP contribution in [0.2, 0.25) is 0 Å². The number of rotatable bonds is 3. The lowest BCUT2D eigenvalue weighted by molar-refractivity contribution is 0.0998. The number of amides is 2. The van der Waals surface area contributed by atoms with Gasteiger partial charge in [-0.25, -0.2) is 0 Å². The normalized spacial score (nSPS) is 10.4. The summed E-state index contributed by atoms with van der Waals surface area (Å²) in [4.78, 5) is 27.4. The van der Waals surface area contributed by atoms with Gasteiger partial charge in [-0.05, 0) is 47.2 Å². The first-order chi connectivity index (χ1) is 10.6. The first-order valence-electron chi connectivity index (χ1n) is 6.68. The number of carbonyl (C=O) groups excluding carboxylic acids is 2. The van der Waals surface area contributed by atoms with Crippen molar-refractivity contribution in [3.05, 3.63) is 72.1 Å². The van der Waals surface area contributed by atoms with E-state index < -0.39 is 5.91 Å². The van der Waals surface area contributed by atoms with E-state index in [1.54, 1.807) is 54.9 Å². The molecule has 3 aromatic rings. The van der Waals surface area contributed by atoms with E-state index in [1.165, 1.54) is 0 Å². The number of pyridine rings is 1. The van der Waals surface area contributed by atoms with E-state index in [2.05, 4.69) is 10.3 Å². The van der Waals surface area contributed by atoms with Crippen molar-refractivity contribution in [2.45, 2.75) is 0 Å². The molecule has 5 nitrogen and oxygen atoms in total. The minimum Gasteiger partial charge on any atom is -0.366 e. The number of hydrogen-bond acceptors (Lipinski definition) is 3. The Bertz CT molecular complexity index is 860. The number of hydrogen-bond donors (Lipinski definition) is 2. The average molecular weight is 291 g/mol. The second-order valence-electron chi connectivity index (χ2n) is 4.84. The molecule has 0 spiro atoms. The molecule has 0 aliphatic rings. The van der Waals surface area contributed by atoms with Crippen molar-refractivity contribution >= 4 is 28.3 Å². The molecule has 0 unspecified atom stereocenters. The largest absolute Gasteiger partial charge is 0.366 e. The Hall–Kier alpha value is -3.21. The minimum absolute atomic E-state index is 0.237. The molecule has 3 rings (SSSR count). The van der Waals surface area contributed by atoms with Gasteiger partial charge in [0.2, 0.25) is 5.91 Å². The second kappa shape index (κ2) is 5.65. The van der Waals surface area contributed by atoms with Gasteiger partial charge in [-0.1, -0.05) is 12.1 Å². The van der Waals surface area contributed by atoms with Crippen LogP contribution >= 0.6 is 0 Å². The highest BCUT2D eigenvalue weighted by Gasteiger charge is 2.08. The molecule has 1 aromatic heterocycles. The topological polar surface area (TPSA) is 85.1 Å². The van der Waals surface area contributed by atoms with Crippen molar-refractivity contribution in [2.75, 3.05) is 5.32 Å². The Morgan fingerprint density at radius 3 is 2.36 bits per heavy atom. The van der Waals surface area contributed by atoms with Gasteiger partial charge in [0.15, 0.2) is 0 Å². The number of anilines is 1. The molecule has 3 N–H and O–H groups in total. The van der Waals surface area contributed by atoms with Gasteiger partial charge in [0.25, 0.3) is 5.91 Å². The number of primary amides is 1. The standard InChI is InChI=1S/C17H13N3O2/c18-16(21)12-5-3-11-4-6-13(9-14(11)8-12)17(22)20-15-2-1-7-19-10-15/h1-10H,(H2,18,21)(H,20,22). The number of nitrogens with zero attached hydrogens (tertiary/aromatic N) is 1. The fourth-order valence-electron chi connectivity index (χ4n) is 2.18. The van der Waals surface area contributed by atoms with Crippen LogP contribution in [0, 0.1) is 0 Å². The van der Waals surface area contributed by atoms with Crippen LogP contribution in [0.5, 0.6) is 0 Å². The minimum atomic E-state index is -0.493. The zero-order valence-corrected chi connectivity index (χ0v) is 11.6. The van der Waals surface area contributed by atoms with Crippen molar-refractivity contribution in [3.8, 4) is 0 Å². The van der Waals surface area contributed by atoms with E-state index in [0.29, 0.717) is 16.8 Å². The Balaban J connectivity index is 1.93. The summed E-state index contributed by atoms with van der Waals surface area (Å²) < 4.78 is 0. The van der Waals surface area contributed by atoms with Gasteiger partial charge < -0.3 is 11.1 Å². The average Bonchev–Trinajstić information content (AvgIpc) is 2.54. The fraction of sp³-hybridized carbons (Fsp3) is 0. The van der Waals surface area contributed by atoms with Crippen molar-refractivity contribution in [1.82, 2.24) is 4.98 Å². The quantitative estimate of drug-likeness (QED) is 0.777. The van der Waals surface area contributed by atoms with Crippen LogP contribution < -0.4 is 11.1 Å². The van der Waals surface area contributed by atoms with Gasteiger partial charge in [0.05, 0.1) is 11.9 Å². The zero-order valence-electron chi connectivity index (χ0n) is 11.6. The molecule has 0 fully saturated rings. The van der Waals surface area contributed by atoms with E-state index in [0.717, 1.165) is 10.8 Å². The molecule has 0 saturated carbocycles. The predicted molar refractivity (Wildman–Crippen MR) is 84.7 cm³/mol. The third-order valence-electron chi connectivity index (χ3n) is 3.31. The Morgan fingerprint density at radius 2 is 1.68 bits per heavy atom. The number of fused-ring (bicyclic) bond motifs is 1. The number of aromatic nitrogens is 1. The number of carbonyl (C=O) groups is 2. The van der Waals surface area contributed by atoms with Gasteiger partial charge in [0.1, 0.15) is 0 Å². The maximum Gasteiger partial charge on any atom is 0.255 e. The van der Waals surface area contributed by atoms with Crippen molar-refractivity contribution in [1.29, 1.82) is 0 Å². The first kappa shape index (κ1) is 13.8. The Kier molecular flexibility index (Phi) is 3.53. The van der Waals surface area contributed by atoms with Gasteiger partial charge in [0, 0.05) is 17.3 Å². The summed E-state index contributed by atoms with van der Waals surface area (Å²) >= 11 is 0. The van der Waals surface area contributed by atoms with Crippen LogP contribution in [0.15, 0.2) is 60.9 Å². The van der Waals surface area contributed by atoms with Gasteiger partial charge >= 0.3 is 0 Å². The molecule has 0 aliphatic carbocycles. The van der Waals surface area contributed by atoms with Gasteiger partial charge in [-0.2, -0.15) is 0 Å². The third-order valence-corrected chi connectivity index (χ3v) is 3.31. The molecule has 0 aliphatic heterocycles. The van der Waals surface area contributed by atoms with Crippen molar-refractivity contribution < 1.29 is 9.59 Å². The fourth-order valence-corrected chi connectivity index (χ4v) is 2.18. The lowest BCUT2D eigenvalue weighted by Crippen LogP contribution is -2.12. The molecule has 0 radical (unpaired) electrons. The van der Waals surface area contributed by atoms with Crippen LogP contribution in [0.1, 0.15) is 20.7 Å². The van der Waals surface area contributed by atoms with E-state index in [-0.39, 0.29) is 5.91 Å². The molecule has 0 atom stereocenters. The zero-order chi connectivity index (χ0) is 15.5. The van der Waals surface area contributed by atoms with Crippen LogP contribution in [0.3, 0.4) is 0 Å². The second-order valence-corrected chi connectivity index (χ2v) is 4.84. The third kappa shape index (κ3) is 2.78. The summed E-state index contributed by atoms with van der Waals surface area (Å²) in [6, 6.07) is 14.0. The number of benzene rings is 2. The van der Waals surface area contributed by atoms with Crippen molar-refractivity contribution in [3.63, 3.8) is 0 Å². The Labute approximate surface area is 126 Å². The van der Waals surface area contributed by atoms with Gasteiger partial charge in [-0.3, -0.25) is 14.6 Å². The molecular formula is C17H13N3O2. The molecule has 2 amide bonds. The van der Waals surface area contributed by atoms with E-state index in [1.807, 2.05) is 6.07 Å². The first-order valence-corrected chi connectivity index (χ1v) is 6.68. The summed E-state index contributed by atoms with van der Waals surface area (Å²) in [5, 5.41) is 4.49. The van der Waals surface area contributed by atoms with Crippen LogP contribution in [0.4, 0.5) is 5.69 Å². The van der Waals surface area contributed by atoms with Crippen LogP contribution in [-0.4, -0.2) is 16.8 Å². The predicted octanol–water partition coefficient (Wildman–Crippen LogP) is 2.59. The molecule has 22 heavy (non-hydrogen) atoms. The summed E-state index contributed by atoms with van der Waals surface area (Å²) in [6.45, 7) is 0. The molecule has 0 saturated heterocycles. The van der Waals surface area contributed by atoms with E-state index in [4.69, 9.17) is 5.73 Å². The van der Waals surface area contributed by atoms with Crippen LogP contribution in [0.25, 0.3) is 10.8 Å². The van der Waals surface area contributed by atoms with Gasteiger partial charge in [-0.15, -0.1) is 0 Å². The molecule has 2 aromatic carbocycles. The number of nitrogens with one attached hydrogen (secondary N) is 1. The SMILES string of the molecule is NC(=O)c1ccc2ccc(C(=O)Nc3cccnc3)cc2c1. The lowest BCUT2D eigenvalue weighted by atomic mass is 10.0. The summed E-state index contributed by atoms with van der Waals surface area (Å²) in [5.74, 6) is -0.730. The van der Waals surface area contributed by atoms with E-state index >= 15 is 0 Å². The van der Waals surface area contributed by atoms with Crippen LogP contribution in [-0.2, 0) is 0 Å². The summed E-state index contributed by atoms with van der Waals surface area (Å²) in [6.07, 6.45) is 3.21. The summed E-state index contributed by atoms with van der Waals surface area (Å²) in [7, 11) is 0. The molecular weight excluding hydrogens is 278 g/mol. The highest BCUT2D eigenvalue weighted by atomic mass is 16.2. The molecule has 1 heterocycles. The smallest absolute Gasteiger partial charge is 0.255 e. The highest BCUT2D eigenvalue weighted by molar-refractivity contribution is 6.07. The molecule has 108 valence electrons. The monoisotopic (exact) mass is 291 g/mol. The maximum absolute atomic E-state index is 12.2. The van der Waals surface area contributed by atoms with E-state index in [9.17, 15) is 9.59 Å². The van der Waals surface area contributed by atoms with Crippen molar-refractivity contribution in [2.24, 2.45) is 5.73 Å². The molecule has 0 bridgehead atoms. The highest BCUT2D eigenvalue weighted by Crippen LogP contribution is 2.19. The summed E-state index contributed by atoms with van der Waals surface area (Å²) in [5.41, 5.74) is 6.82. The molecule has 5 heteroatoms. The maximum atomic E-state index is 12.2. The number of nitrogens with two attached hydrogens (primary N) is 1. The lowest BCUT2D eigenvalue weighted by Gasteiger charge is -2.06.